The van der Waals surface area contributed by atoms with Gasteiger partial charge in [-0.25, -0.2) is 4.39 Å². The Bertz CT molecular complexity index is 379. The summed E-state index contributed by atoms with van der Waals surface area (Å²) < 4.78 is 12.9. The van der Waals surface area contributed by atoms with Crippen LogP contribution in [0.3, 0.4) is 0 Å². The molecule has 0 spiro atoms. The molecule has 2 heteroatoms. The van der Waals surface area contributed by atoms with E-state index in [0.29, 0.717) is 5.52 Å². The number of nitrogens with zero attached hydrogens (tertiary/aromatic N) is 1. The van der Waals surface area contributed by atoms with Crippen molar-refractivity contribution in [3.63, 3.8) is 0 Å². The second-order valence-electron chi connectivity index (χ2n) is 2.25. The van der Waals surface area contributed by atoms with Crippen LogP contribution in [0, 0.1) is 11.9 Å². The van der Waals surface area contributed by atoms with Gasteiger partial charge in [-0.15, -0.1) is 0 Å². The summed E-state index contributed by atoms with van der Waals surface area (Å²) in [5.74, 6) is -0.281. The van der Waals surface area contributed by atoms with Gasteiger partial charge in [0, 0.05) is 17.6 Å². The molecule has 2 aromatic rings. The van der Waals surface area contributed by atoms with E-state index in [-0.39, 0.29) is 5.82 Å². The number of rotatable bonds is 0. The molecular formula is C9H5FN. The molecule has 2 rings (SSSR count). The molecule has 0 atom stereocenters. The first kappa shape index (κ1) is 6.28. The molecule has 1 nitrogen and oxygen atoms in total. The van der Waals surface area contributed by atoms with Crippen molar-refractivity contribution >= 4 is 10.9 Å². The lowest BCUT2D eigenvalue weighted by molar-refractivity contribution is 0.637. The minimum absolute atomic E-state index is 0.281. The van der Waals surface area contributed by atoms with E-state index < -0.39 is 0 Å². The summed E-state index contributed by atoms with van der Waals surface area (Å²) in [5.41, 5.74) is 0.409. The molecule has 0 saturated heterocycles. The third-order valence-electron chi connectivity index (χ3n) is 1.53. The first-order chi connectivity index (χ1) is 5.38. The normalized spacial score (nSPS) is 10.3. The first-order valence-electron chi connectivity index (χ1n) is 3.28. The van der Waals surface area contributed by atoms with Gasteiger partial charge in [0.25, 0.3) is 0 Å². The van der Waals surface area contributed by atoms with E-state index in [0.717, 1.165) is 5.39 Å². The van der Waals surface area contributed by atoms with Crippen molar-refractivity contribution in [2.45, 2.75) is 0 Å². The lowest BCUT2D eigenvalue weighted by Gasteiger charge is -1.94. The molecule has 0 aliphatic carbocycles. The van der Waals surface area contributed by atoms with Gasteiger partial charge in [-0.05, 0) is 12.1 Å². The van der Waals surface area contributed by atoms with E-state index in [1.165, 1.54) is 12.3 Å². The van der Waals surface area contributed by atoms with E-state index >= 15 is 0 Å². The van der Waals surface area contributed by atoms with Gasteiger partial charge in [-0.1, -0.05) is 12.1 Å². The molecule has 0 bridgehead atoms. The molecule has 0 saturated carbocycles. The fourth-order valence-electron chi connectivity index (χ4n) is 1.01. The van der Waals surface area contributed by atoms with Gasteiger partial charge in [0.15, 0.2) is 0 Å². The van der Waals surface area contributed by atoms with Crippen LogP contribution in [0.2, 0.25) is 0 Å². The van der Waals surface area contributed by atoms with E-state index in [2.05, 4.69) is 11.1 Å². The Hall–Kier alpha value is -1.44. The highest BCUT2D eigenvalue weighted by atomic mass is 19.1. The SMILES string of the molecule is Fc1cccc2c[c]cnc12. The van der Waals surface area contributed by atoms with Crippen molar-refractivity contribution in [3.8, 4) is 0 Å². The monoisotopic (exact) mass is 146 g/mol. The highest BCUT2D eigenvalue weighted by molar-refractivity contribution is 5.78. The number of benzene rings is 1. The number of para-hydroxylation sites is 1. The second-order valence-corrected chi connectivity index (χ2v) is 2.25. The van der Waals surface area contributed by atoms with Crippen LogP contribution in [-0.4, -0.2) is 4.98 Å². The maximum absolute atomic E-state index is 12.9. The number of hydrogen-bond acceptors (Lipinski definition) is 1. The smallest absolute Gasteiger partial charge is 0.149 e. The topological polar surface area (TPSA) is 12.9 Å². The molecule has 0 aliphatic rings. The summed E-state index contributed by atoms with van der Waals surface area (Å²) in [6.07, 6.45) is 1.46. The van der Waals surface area contributed by atoms with Crippen LogP contribution in [0.15, 0.2) is 30.5 Å². The number of hydrogen-bond donors (Lipinski definition) is 0. The van der Waals surface area contributed by atoms with Gasteiger partial charge in [0.1, 0.15) is 11.3 Å². The van der Waals surface area contributed by atoms with Gasteiger partial charge in [0.05, 0.1) is 0 Å². The molecule has 0 unspecified atom stereocenters. The quantitative estimate of drug-likeness (QED) is 0.555. The number of fused-ring (bicyclic) bond motifs is 1. The predicted octanol–water partition coefficient (Wildman–Crippen LogP) is 2.17. The van der Waals surface area contributed by atoms with Gasteiger partial charge in [-0.3, -0.25) is 4.98 Å². The van der Waals surface area contributed by atoms with Crippen molar-refractivity contribution in [1.29, 1.82) is 0 Å². The largest absolute Gasteiger partial charge is 0.253 e. The zero-order valence-electron chi connectivity index (χ0n) is 5.71. The molecule has 53 valence electrons. The minimum Gasteiger partial charge on any atom is -0.253 e. The number of halogens is 1. The highest BCUT2D eigenvalue weighted by Gasteiger charge is 1.97. The molecule has 0 amide bonds. The van der Waals surface area contributed by atoms with Crippen molar-refractivity contribution in [2.75, 3.05) is 0 Å². The summed E-state index contributed by atoms with van der Waals surface area (Å²) in [7, 11) is 0. The summed E-state index contributed by atoms with van der Waals surface area (Å²) in [6, 6.07) is 9.36. The van der Waals surface area contributed by atoms with E-state index in [1.54, 1.807) is 12.1 Å². The van der Waals surface area contributed by atoms with Crippen LogP contribution < -0.4 is 0 Å². The van der Waals surface area contributed by atoms with E-state index in [1.807, 2.05) is 6.07 Å². The fourth-order valence-corrected chi connectivity index (χ4v) is 1.01. The molecule has 1 radical (unpaired) electrons. The maximum atomic E-state index is 12.9. The molecule has 0 fully saturated rings. The first-order valence-corrected chi connectivity index (χ1v) is 3.28. The Kier molecular flexibility index (Phi) is 1.32. The van der Waals surface area contributed by atoms with Crippen molar-refractivity contribution < 1.29 is 4.39 Å². The van der Waals surface area contributed by atoms with Crippen LogP contribution in [-0.2, 0) is 0 Å². The Morgan fingerprint density at radius 3 is 3.09 bits per heavy atom. The minimum atomic E-state index is -0.281. The van der Waals surface area contributed by atoms with E-state index in [9.17, 15) is 4.39 Å². The average molecular weight is 146 g/mol. The summed E-state index contributed by atoms with van der Waals surface area (Å²) in [6.45, 7) is 0. The third kappa shape index (κ3) is 0.963. The summed E-state index contributed by atoms with van der Waals surface area (Å²) in [5, 5.41) is 0.785. The van der Waals surface area contributed by atoms with Crippen LogP contribution in [0.5, 0.6) is 0 Å². The predicted molar refractivity (Wildman–Crippen MR) is 40.5 cm³/mol. The molecule has 1 aromatic heterocycles. The van der Waals surface area contributed by atoms with Crippen molar-refractivity contribution in [1.82, 2.24) is 4.98 Å². The lowest BCUT2D eigenvalue weighted by Crippen LogP contribution is -1.81. The van der Waals surface area contributed by atoms with Crippen molar-refractivity contribution in [3.05, 3.63) is 42.3 Å². The molecular weight excluding hydrogens is 141 g/mol. The molecule has 1 heterocycles. The lowest BCUT2D eigenvalue weighted by atomic mass is 10.2. The van der Waals surface area contributed by atoms with Crippen LogP contribution in [0.25, 0.3) is 10.9 Å². The zero-order chi connectivity index (χ0) is 7.68. The fraction of sp³-hybridized carbons (Fsp3) is 0. The van der Waals surface area contributed by atoms with Crippen LogP contribution in [0.4, 0.5) is 4.39 Å². The summed E-state index contributed by atoms with van der Waals surface area (Å²) in [4.78, 5) is 3.85. The highest BCUT2D eigenvalue weighted by Crippen LogP contribution is 2.12. The summed E-state index contributed by atoms with van der Waals surface area (Å²) >= 11 is 0. The Morgan fingerprint density at radius 1 is 1.36 bits per heavy atom. The number of pyridine rings is 1. The Balaban J connectivity index is 2.91. The third-order valence-corrected chi connectivity index (χ3v) is 1.53. The molecule has 1 aromatic carbocycles. The van der Waals surface area contributed by atoms with E-state index in [4.69, 9.17) is 0 Å². The molecule has 0 aliphatic heterocycles. The van der Waals surface area contributed by atoms with Gasteiger partial charge in [-0.2, -0.15) is 0 Å². The van der Waals surface area contributed by atoms with Crippen molar-refractivity contribution in [2.24, 2.45) is 0 Å². The van der Waals surface area contributed by atoms with Gasteiger partial charge in [0.2, 0.25) is 0 Å². The van der Waals surface area contributed by atoms with Gasteiger partial charge >= 0.3 is 0 Å². The van der Waals surface area contributed by atoms with Gasteiger partial charge < -0.3 is 0 Å². The maximum Gasteiger partial charge on any atom is 0.149 e. The molecule has 11 heavy (non-hydrogen) atoms. The van der Waals surface area contributed by atoms with Crippen LogP contribution >= 0.6 is 0 Å². The molecule has 0 N–H and O–H groups in total. The standard InChI is InChI=1S/C9H5FN/c10-8-5-1-3-7-4-2-6-11-9(7)8/h1,3-6H. The Morgan fingerprint density at radius 2 is 2.27 bits per heavy atom. The van der Waals surface area contributed by atoms with Crippen LogP contribution in [0.1, 0.15) is 0 Å². The average Bonchev–Trinajstić information content (AvgIpc) is 2.06. The number of aromatic nitrogens is 1. The zero-order valence-corrected chi connectivity index (χ0v) is 5.71. The Labute approximate surface area is 63.5 Å². The second kappa shape index (κ2) is 2.31.